The van der Waals surface area contributed by atoms with E-state index in [2.05, 4.69) is 38.7 Å². The predicted octanol–water partition coefficient (Wildman–Crippen LogP) is 3.70. The van der Waals surface area contributed by atoms with Crippen LogP contribution in [0.2, 0.25) is 0 Å². The van der Waals surface area contributed by atoms with Crippen molar-refractivity contribution in [1.82, 2.24) is 4.98 Å². The first-order chi connectivity index (χ1) is 6.20. The molecule has 0 N–H and O–H groups in total. The number of aromatic nitrogens is 1. The lowest BCUT2D eigenvalue weighted by atomic mass is 10.2. The van der Waals surface area contributed by atoms with Crippen molar-refractivity contribution in [2.45, 2.75) is 40.5 Å². The topological polar surface area (TPSA) is 12.9 Å². The second-order valence-electron chi connectivity index (χ2n) is 3.52. The molecule has 1 heteroatoms. The molecule has 74 valence electrons. The molecule has 0 fully saturated rings. The van der Waals surface area contributed by atoms with Gasteiger partial charge in [0, 0.05) is 12.4 Å². The van der Waals surface area contributed by atoms with Gasteiger partial charge in [0.2, 0.25) is 0 Å². The van der Waals surface area contributed by atoms with Crippen molar-refractivity contribution in [1.29, 1.82) is 0 Å². The van der Waals surface area contributed by atoms with Crippen molar-refractivity contribution in [3.63, 3.8) is 0 Å². The van der Waals surface area contributed by atoms with Gasteiger partial charge in [0.15, 0.2) is 0 Å². The van der Waals surface area contributed by atoms with Gasteiger partial charge in [-0.2, -0.15) is 0 Å². The Morgan fingerprint density at radius 1 is 1.31 bits per heavy atom. The van der Waals surface area contributed by atoms with Crippen molar-refractivity contribution in [3.05, 3.63) is 30.1 Å². The summed E-state index contributed by atoms with van der Waals surface area (Å²) in [7, 11) is 0. The van der Waals surface area contributed by atoms with Gasteiger partial charge in [0.1, 0.15) is 0 Å². The van der Waals surface area contributed by atoms with E-state index in [0.717, 1.165) is 12.3 Å². The minimum atomic E-state index is 0.884. The lowest BCUT2D eigenvalue weighted by molar-refractivity contribution is 0.626. The molecule has 1 nitrogen and oxygen atoms in total. The Morgan fingerprint density at radius 2 is 1.92 bits per heavy atom. The fourth-order valence-electron chi connectivity index (χ4n) is 0.607. The van der Waals surface area contributed by atoms with Crippen molar-refractivity contribution >= 4 is 0 Å². The van der Waals surface area contributed by atoms with Gasteiger partial charge in [-0.05, 0) is 24.0 Å². The SMILES string of the molecule is CCC(C)C.CCc1cccnc1. The third-order valence-corrected chi connectivity index (χ3v) is 1.95. The molecule has 13 heavy (non-hydrogen) atoms. The molecule has 1 rings (SSSR count). The fraction of sp³-hybridized carbons (Fsp3) is 0.583. The zero-order valence-corrected chi connectivity index (χ0v) is 9.25. The van der Waals surface area contributed by atoms with Crippen molar-refractivity contribution < 1.29 is 0 Å². The summed E-state index contributed by atoms with van der Waals surface area (Å²) in [6.45, 7) is 8.77. The van der Waals surface area contributed by atoms with E-state index in [-0.39, 0.29) is 0 Å². The van der Waals surface area contributed by atoms with Crippen LogP contribution in [0, 0.1) is 5.92 Å². The van der Waals surface area contributed by atoms with Crippen LogP contribution in [0.4, 0.5) is 0 Å². The van der Waals surface area contributed by atoms with Gasteiger partial charge in [0.25, 0.3) is 0 Å². The first-order valence-corrected chi connectivity index (χ1v) is 5.09. The molecular formula is C12H21N. The Kier molecular flexibility index (Phi) is 7.27. The molecule has 0 unspecified atom stereocenters. The van der Waals surface area contributed by atoms with Crippen LogP contribution in [0.5, 0.6) is 0 Å². The van der Waals surface area contributed by atoms with Gasteiger partial charge in [-0.1, -0.05) is 40.2 Å². The molecule has 0 aliphatic heterocycles. The van der Waals surface area contributed by atoms with Crippen LogP contribution in [0.25, 0.3) is 0 Å². The molecule has 0 atom stereocenters. The summed E-state index contributed by atoms with van der Waals surface area (Å²) in [6, 6.07) is 4.03. The minimum Gasteiger partial charge on any atom is -0.264 e. The lowest BCUT2D eigenvalue weighted by Gasteiger charge is -1.90. The first-order valence-electron chi connectivity index (χ1n) is 5.09. The summed E-state index contributed by atoms with van der Waals surface area (Å²) in [5, 5.41) is 0. The minimum absolute atomic E-state index is 0.884. The van der Waals surface area contributed by atoms with Crippen LogP contribution in [0.3, 0.4) is 0 Å². The van der Waals surface area contributed by atoms with Crippen molar-refractivity contribution in [2.75, 3.05) is 0 Å². The summed E-state index contributed by atoms with van der Waals surface area (Å²) in [6.07, 6.45) is 6.06. The molecule has 0 saturated heterocycles. The molecule has 0 amide bonds. The molecule has 0 radical (unpaired) electrons. The van der Waals surface area contributed by atoms with E-state index in [0.29, 0.717) is 0 Å². The quantitative estimate of drug-likeness (QED) is 0.674. The van der Waals surface area contributed by atoms with Crippen molar-refractivity contribution in [2.24, 2.45) is 5.92 Å². The van der Waals surface area contributed by atoms with E-state index in [1.165, 1.54) is 12.0 Å². The number of rotatable bonds is 2. The van der Waals surface area contributed by atoms with Gasteiger partial charge in [-0.15, -0.1) is 0 Å². The standard InChI is InChI=1S/C7H9N.C5H12/c1-2-7-4-3-5-8-6-7;1-4-5(2)3/h3-6H,2H2,1H3;5H,4H2,1-3H3. The Bertz CT molecular complexity index is 192. The molecule has 1 aromatic heterocycles. The van der Waals surface area contributed by atoms with Crippen LogP contribution in [-0.4, -0.2) is 4.98 Å². The maximum Gasteiger partial charge on any atom is 0.0299 e. The third-order valence-electron chi connectivity index (χ3n) is 1.95. The number of nitrogens with zero attached hydrogens (tertiary/aromatic N) is 1. The highest BCUT2D eigenvalue weighted by atomic mass is 14.6. The van der Waals surface area contributed by atoms with Gasteiger partial charge in [0.05, 0.1) is 0 Å². The molecule has 0 aliphatic rings. The summed E-state index contributed by atoms with van der Waals surface area (Å²) in [4.78, 5) is 3.96. The maximum absolute atomic E-state index is 3.96. The van der Waals surface area contributed by atoms with E-state index >= 15 is 0 Å². The molecule has 1 aromatic rings. The van der Waals surface area contributed by atoms with Crippen LogP contribution in [0.15, 0.2) is 24.5 Å². The lowest BCUT2D eigenvalue weighted by Crippen LogP contribution is -1.77. The Balaban J connectivity index is 0.000000252. The van der Waals surface area contributed by atoms with E-state index in [4.69, 9.17) is 0 Å². The summed E-state index contributed by atoms with van der Waals surface area (Å²) in [5.41, 5.74) is 1.30. The zero-order valence-electron chi connectivity index (χ0n) is 9.25. The molecule has 0 aromatic carbocycles. The average molecular weight is 179 g/mol. The zero-order chi connectivity index (χ0) is 10.1. The summed E-state index contributed by atoms with van der Waals surface area (Å²) < 4.78 is 0. The Morgan fingerprint density at radius 3 is 2.15 bits per heavy atom. The van der Waals surface area contributed by atoms with E-state index in [1.54, 1.807) is 6.20 Å². The van der Waals surface area contributed by atoms with E-state index < -0.39 is 0 Å². The molecule has 0 bridgehead atoms. The van der Waals surface area contributed by atoms with Gasteiger partial charge in [-0.25, -0.2) is 0 Å². The molecule has 0 aliphatic carbocycles. The van der Waals surface area contributed by atoms with Gasteiger partial charge in [-0.3, -0.25) is 4.98 Å². The van der Waals surface area contributed by atoms with Crippen LogP contribution in [-0.2, 0) is 6.42 Å². The molecule has 0 saturated carbocycles. The monoisotopic (exact) mass is 179 g/mol. The molecular weight excluding hydrogens is 158 g/mol. The number of aryl methyl sites for hydroxylation is 1. The number of hydrogen-bond donors (Lipinski definition) is 0. The highest BCUT2D eigenvalue weighted by molar-refractivity contribution is 5.07. The second kappa shape index (κ2) is 7.78. The Hall–Kier alpha value is -0.850. The number of pyridine rings is 1. The van der Waals surface area contributed by atoms with Gasteiger partial charge < -0.3 is 0 Å². The predicted molar refractivity (Wildman–Crippen MR) is 58.7 cm³/mol. The van der Waals surface area contributed by atoms with Crippen LogP contribution < -0.4 is 0 Å². The summed E-state index contributed by atoms with van der Waals surface area (Å²) in [5.74, 6) is 0.884. The maximum atomic E-state index is 3.96. The van der Waals surface area contributed by atoms with E-state index in [1.807, 2.05) is 12.3 Å². The number of hydrogen-bond acceptors (Lipinski definition) is 1. The highest BCUT2D eigenvalue weighted by Crippen LogP contribution is 1.94. The smallest absolute Gasteiger partial charge is 0.0299 e. The first kappa shape index (κ1) is 12.2. The summed E-state index contributed by atoms with van der Waals surface area (Å²) >= 11 is 0. The van der Waals surface area contributed by atoms with Crippen LogP contribution in [0.1, 0.15) is 39.7 Å². The average Bonchev–Trinajstić information content (AvgIpc) is 2.20. The molecule has 1 heterocycles. The molecule has 0 spiro atoms. The van der Waals surface area contributed by atoms with Crippen molar-refractivity contribution in [3.8, 4) is 0 Å². The normalized spacial score (nSPS) is 9.31. The van der Waals surface area contributed by atoms with E-state index in [9.17, 15) is 0 Å². The second-order valence-corrected chi connectivity index (χ2v) is 3.52. The third kappa shape index (κ3) is 7.51. The fourth-order valence-corrected chi connectivity index (χ4v) is 0.607. The Labute approximate surface area is 82.2 Å². The van der Waals surface area contributed by atoms with Gasteiger partial charge >= 0.3 is 0 Å². The highest BCUT2D eigenvalue weighted by Gasteiger charge is 1.81. The largest absolute Gasteiger partial charge is 0.264 e. The van der Waals surface area contributed by atoms with Crippen LogP contribution >= 0.6 is 0 Å².